The number of guanidine groups is 1. The van der Waals surface area contributed by atoms with Gasteiger partial charge in [-0.15, -0.1) is 24.0 Å². The van der Waals surface area contributed by atoms with Crippen molar-refractivity contribution in [1.29, 1.82) is 0 Å². The summed E-state index contributed by atoms with van der Waals surface area (Å²) < 4.78 is 10.7. The number of nitrogens with two attached hydrogens (primary N) is 1. The Morgan fingerprint density at radius 2 is 2.10 bits per heavy atom. The number of carbonyl (C=O) groups is 1. The monoisotopic (exact) mass is 524 g/mol. The molecule has 162 valence electrons. The highest BCUT2D eigenvalue weighted by Crippen LogP contribution is 2.16. The van der Waals surface area contributed by atoms with Crippen molar-refractivity contribution in [2.45, 2.75) is 32.1 Å². The standard InChI is InChI=1S/C22H28N4O3.HI/c1-28-15-18-7-2-3-10-20(18)26-22(23)25-13-16-6-4-8-17(12-16)21(27)24-14-19-9-5-11-29-19;/h2-4,6-8,10,12,19H,5,9,11,13-15H2,1H3,(H,24,27)(H3,23,25,26);1H. The molecule has 1 aliphatic rings. The summed E-state index contributed by atoms with van der Waals surface area (Å²) in [7, 11) is 1.65. The van der Waals surface area contributed by atoms with Gasteiger partial charge in [-0.2, -0.15) is 0 Å². The molecule has 1 fully saturated rings. The van der Waals surface area contributed by atoms with E-state index < -0.39 is 0 Å². The molecule has 1 aliphatic heterocycles. The van der Waals surface area contributed by atoms with E-state index in [0.29, 0.717) is 31.2 Å². The highest BCUT2D eigenvalue weighted by Gasteiger charge is 2.16. The number of rotatable bonds is 8. The lowest BCUT2D eigenvalue weighted by atomic mass is 10.1. The van der Waals surface area contributed by atoms with E-state index in [0.717, 1.165) is 36.3 Å². The van der Waals surface area contributed by atoms with Crippen LogP contribution in [0.5, 0.6) is 0 Å². The molecule has 1 unspecified atom stereocenters. The van der Waals surface area contributed by atoms with E-state index in [1.54, 1.807) is 13.2 Å². The van der Waals surface area contributed by atoms with Gasteiger partial charge in [0.25, 0.3) is 5.91 Å². The maximum absolute atomic E-state index is 12.4. The second-order valence-electron chi connectivity index (χ2n) is 6.96. The number of halogens is 1. The summed E-state index contributed by atoms with van der Waals surface area (Å²) in [6, 6.07) is 15.2. The number of amides is 1. The Labute approximate surface area is 194 Å². The van der Waals surface area contributed by atoms with Gasteiger partial charge in [0.2, 0.25) is 0 Å². The molecule has 3 rings (SSSR count). The van der Waals surface area contributed by atoms with Crippen LogP contribution in [0.25, 0.3) is 0 Å². The molecule has 1 heterocycles. The summed E-state index contributed by atoms with van der Waals surface area (Å²) in [5, 5.41) is 6.04. The van der Waals surface area contributed by atoms with Crippen LogP contribution in [0.1, 0.15) is 34.3 Å². The van der Waals surface area contributed by atoms with E-state index in [-0.39, 0.29) is 36.0 Å². The topological polar surface area (TPSA) is 98.0 Å². The molecule has 2 aromatic carbocycles. The largest absolute Gasteiger partial charge is 0.380 e. The lowest BCUT2D eigenvalue weighted by Crippen LogP contribution is -2.31. The number of methoxy groups -OCH3 is 1. The number of benzene rings is 2. The van der Waals surface area contributed by atoms with Crippen LogP contribution in [-0.2, 0) is 22.6 Å². The first-order valence-corrected chi connectivity index (χ1v) is 9.78. The normalized spacial score (nSPS) is 16.0. The molecule has 7 nitrogen and oxygen atoms in total. The first-order valence-electron chi connectivity index (χ1n) is 9.78. The van der Waals surface area contributed by atoms with Gasteiger partial charge in [-0.3, -0.25) is 4.79 Å². The van der Waals surface area contributed by atoms with Crippen LogP contribution in [0.4, 0.5) is 5.69 Å². The average Bonchev–Trinajstić information content (AvgIpc) is 3.26. The maximum Gasteiger partial charge on any atom is 0.251 e. The zero-order chi connectivity index (χ0) is 20.5. The molecule has 0 spiro atoms. The van der Waals surface area contributed by atoms with Gasteiger partial charge < -0.3 is 25.8 Å². The molecule has 1 atom stereocenters. The van der Waals surface area contributed by atoms with Crippen LogP contribution in [0, 0.1) is 0 Å². The lowest BCUT2D eigenvalue weighted by molar-refractivity contribution is 0.0857. The third-order valence-electron chi connectivity index (χ3n) is 4.72. The molecule has 1 saturated heterocycles. The maximum atomic E-state index is 12.4. The van der Waals surface area contributed by atoms with Gasteiger partial charge in [0.05, 0.1) is 19.3 Å². The quantitative estimate of drug-likeness (QED) is 0.280. The fourth-order valence-electron chi connectivity index (χ4n) is 3.20. The molecule has 0 radical (unpaired) electrons. The second kappa shape index (κ2) is 12.5. The van der Waals surface area contributed by atoms with Crippen molar-refractivity contribution in [3.8, 4) is 0 Å². The molecular weight excluding hydrogens is 495 g/mol. The molecule has 8 heteroatoms. The Morgan fingerprint density at radius 3 is 2.87 bits per heavy atom. The first-order chi connectivity index (χ1) is 14.2. The van der Waals surface area contributed by atoms with Gasteiger partial charge in [0, 0.05) is 37.1 Å². The number of hydrogen-bond acceptors (Lipinski definition) is 4. The van der Waals surface area contributed by atoms with Gasteiger partial charge in [0.1, 0.15) is 0 Å². The minimum absolute atomic E-state index is 0. The zero-order valence-corrected chi connectivity index (χ0v) is 19.4. The summed E-state index contributed by atoms with van der Waals surface area (Å²) >= 11 is 0. The molecule has 30 heavy (non-hydrogen) atoms. The van der Waals surface area contributed by atoms with Gasteiger partial charge in [-0.1, -0.05) is 30.3 Å². The zero-order valence-electron chi connectivity index (χ0n) is 17.1. The molecule has 0 bridgehead atoms. The minimum atomic E-state index is -0.106. The average molecular weight is 524 g/mol. The Kier molecular flexibility index (Phi) is 10.0. The van der Waals surface area contributed by atoms with E-state index in [1.165, 1.54) is 0 Å². The van der Waals surface area contributed by atoms with Crippen LogP contribution in [0.3, 0.4) is 0 Å². The lowest BCUT2D eigenvalue weighted by Gasteiger charge is -2.12. The molecule has 0 aromatic heterocycles. The van der Waals surface area contributed by atoms with Crippen molar-refractivity contribution >= 4 is 41.5 Å². The van der Waals surface area contributed by atoms with Gasteiger partial charge in [0.15, 0.2) is 5.96 Å². The molecule has 0 aliphatic carbocycles. The van der Waals surface area contributed by atoms with Crippen LogP contribution >= 0.6 is 24.0 Å². The van der Waals surface area contributed by atoms with E-state index in [2.05, 4.69) is 15.6 Å². The third kappa shape index (κ3) is 7.26. The van der Waals surface area contributed by atoms with Crippen LogP contribution in [0.2, 0.25) is 0 Å². The Morgan fingerprint density at radius 1 is 1.27 bits per heavy atom. The van der Waals surface area contributed by atoms with E-state index >= 15 is 0 Å². The fraction of sp³-hybridized carbons (Fsp3) is 0.364. The van der Waals surface area contributed by atoms with E-state index in [1.807, 2.05) is 42.5 Å². The van der Waals surface area contributed by atoms with Crippen molar-refractivity contribution in [2.24, 2.45) is 10.7 Å². The van der Waals surface area contributed by atoms with Crippen molar-refractivity contribution in [1.82, 2.24) is 5.32 Å². The Hall–Kier alpha value is -2.17. The number of aliphatic imine (C=N–C) groups is 1. The molecule has 4 N–H and O–H groups in total. The SMILES string of the molecule is COCc1ccccc1NC(N)=NCc1cccc(C(=O)NCC2CCCO2)c1.I. The Balaban J connectivity index is 0.00000320. The van der Waals surface area contributed by atoms with Crippen LogP contribution < -0.4 is 16.4 Å². The van der Waals surface area contributed by atoms with Crippen molar-refractivity contribution < 1.29 is 14.3 Å². The number of carbonyl (C=O) groups excluding carboxylic acids is 1. The van der Waals surface area contributed by atoms with Crippen molar-refractivity contribution in [3.05, 3.63) is 65.2 Å². The molecule has 1 amide bonds. The van der Waals surface area contributed by atoms with Crippen molar-refractivity contribution in [3.63, 3.8) is 0 Å². The minimum Gasteiger partial charge on any atom is -0.380 e. The number of para-hydroxylation sites is 1. The van der Waals surface area contributed by atoms with Gasteiger partial charge in [-0.25, -0.2) is 4.99 Å². The number of ether oxygens (including phenoxy) is 2. The summed E-state index contributed by atoms with van der Waals surface area (Å²) in [5.41, 5.74) is 9.41. The third-order valence-corrected chi connectivity index (χ3v) is 4.72. The summed E-state index contributed by atoms with van der Waals surface area (Å²) in [5.74, 6) is 0.202. The van der Waals surface area contributed by atoms with Crippen molar-refractivity contribution in [2.75, 3.05) is 25.6 Å². The van der Waals surface area contributed by atoms with Crippen LogP contribution in [0.15, 0.2) is 53.5 Å². The predicted octanol–water partition coefficient (Wildman–Crippen LogP) is 3.29. The number of anilines is 1. The second-order valence-corrected chi connectivity index (χ2v) is 6.96. The number of hydrogen-bond donors (Lipinski definition) is 3. The predicted molar refractivity (Wildman–Crippen MR) is 129 cm³/mol. The van der Waals surface area contributed by atoms with Crippen LogP contribution in [-0.4, -0.2) is 38.2 Å². The number of nitrogens with one attached hydrogen (secondary N) is 2. The fourth-order valence-corrected chi connectivity index (χ4v) is 3.20. The highest BCUT2D eigenvalue weighted by molar-refractivity contribution is 14.0. The highest BCUT2D eigenvalue weighted by atomic mass is 127. The van der Waals surface area contributed by atoms with Gasteiger partial charge >= 0.3 is 0 Å². The first kappa shape index (κ1) is 24.1. The Bertz CT molecular complexity index is 854. The van der Waals surface area contributed by atoms with E-state index in [9.17, 15) is 4.79 Å². The summed E-state index contributed by atoms with van der Waals surface area (Å²) in [6.07, 6.45) is 2.17. The summed E-state index contributed by atoms with van der Waals surface area (Å²) in [4.78, 5) is 16.8. The molecule has 0 saturated carbocycles. The number of nitrogens with zero attached hydrogens (tertiary/aromatic N) is 1. The molecule has 2 aromatic rings. The van der Waals surface area contributed by atoms with E-state index in [4.69, 9.17) is 15.2 Å². The van der Waals surface area contributed by atoms with Gasteiger partial charge in [-0.05, 0) is 36.6 Å². The summed E-state index contributed by atoms with van der Waals surface area (Å²) in [6.45, 7) is 2.18. The molecular formula is C22H29IN4O3. The smallest absolute Gasteiger partial charge is 0.251 e.